The average Bonchev–Trinajstić information content (AvgIpc) is 2.40. The number of piperidine rings is 1. The van der Waals surface area contributed by atoms with Crippen molar-refractivity contribution in [3.05, 3.63) is 28.3 Å². The van der Waals surface area contributed by atoms with Gasteiger partial charge in [0, 0.05) is 23.7 Å². The Hall–Kier alpha value is -1.11. The van der Waals surface area contributed by atoms with Gasteiger partial charge in [-0.25, -0.2) is 13.6 Å². The van der Waals surface area contributed by atoms with E-state index in [-0.39, 0.29) is 15.8 Å². The zero-order chi connectivity index (χ0) is 14.9. The summed E-state index contributed by atoms with van der Waals surface area (Å²) in [6.45, 7) is 2.96. The lowest BCUT2D eigenvalue weighted by molar-refractivity contribution is 0.0723. The first-order valence-corrected chi connectivity index (χ1v) is 8.35. The lowest BCUT2D eigenvalue weighted by Gasteiger charge is -2.27. The molecule has 0 saturated carbocycles. The topological polar surface area (TPSA) is 80.5 Å². The molecular weight excluding hydrogens is 300 g/mol. The van der Waals surface area contributed by atoms with Crippen LogP contribution in [0.25, 0.3) is 0 Å². The highest BCUT2D eigenvalue weighted by Crippen LogP contribution is 2.25. The number of hydrogen-bond donors (Lipinski definition) is 1. The summed E-state index contributed by atoms with van der Waals surface area (Å²) in [5.41, 5.74) is 0.663. The molecule has 0 radical (unpaired) electrons. The van der Waals surface area contributed by atoms with E-state index in [2.05, 4.69) is 0 Å². The lowest BCUT2D eigenvalue weighted by atomic mass is 10.1. The van der Waals surface area contributed by atoms with Gasteiger partial charge in [0.2, 0.25) is 10.0 Å². The molecule has 1 aromatic carbocycles. The van der Waals surface area contributed by atoms with Crippen LogP contribution in [0.3, 0.4) is 0 Å². The van der Waals surface area contributed by atoms with Gasteiger partial charge in [0.15, 0.2) is 0 Å². The molecule has 1 fully saturated rings. The Labute approximate surface area is 123 Å². The first-order valence-electron chi connectivity index (χ1n) is 6.43. The van der Waals surface area contributed by atoms with E-state index in [4.69, 9.17) is 16.7 Å². The molecule has 1 heterocycles. The summed E-state index contributed by atoms with van der Waals surface area (Å²) in [6.07, 6.45) is 3.04. The minimum Gasteiger partial charge on any atom is -0.339 e. The highest BCUT2D eigenvalue weighted by atomic mass is 35.5. The van der Waals surface area contributed by atoms with E-state index >= 15 is 0 Å². The van der Waals surface area contributed by atoms with Gasteiger partial charge in [-0.2, -0.15) is 0 Å². The third kappa shape index (κ3) is 3.13. The van der Waals surface area contributed by atoms with Crippen molar-refractivity contribution in [2.75, 3.05) is 13.1 Å². The van der Waals surface area contributed by atoms with E-state index in [1.807, 2.05) is 0 Å². The number of amides is 1. The van der Waals surface area contributed by atoms with E-state index in [0.29, 0.717) is 24.2 Å². The maximum atomic E-state index is 12.5. The number of benzene rings is 1. The number of nitrogens with two attached hydrogens (primary N) is 1. The van der Waals surface area contributed by atoms with Crippen molar-refractivity contribution < 1.29 is 13.2 Å². The van der Waals surface area contributed by atoms with E-state index in [9.17, 15) is 13.2 Å². The van der Waals surface area contributed by atoms with Gasteiger partial charge in [-0.05, 0) is 43.9 Å². The Morgan fingerprint density at radius 3 is 2.40 bits per heavy atom. The van der Waals surface area contributed by atoms with Crippen molar-refractivity contribution >= 4 is 27.5 Å². The molecule has 2 N–H and O–H groups in total. The Kier molecular flexibility index (Phi) is 4.36. The molecule has 20 heavy (non-hydrogen) atoms. The molecule has 0 bridgehead atoms. The number of sulfonamides is 1. The molecule has 1 aliphatic rings. The molecule has 7 heteroatoms. The minimum absolute atomic E-state index is 0.0923. The number of hydrogen-bond acceptors (Lipinski definition) is 3. The van der Waals surface area contributed by atoms with Gasteiger partial charge >= 0.3 is 0 Å². The monoisotopic (exact) mass is 316 g/mol. The van der Waals surface area contributed by atoms with Crippen LogP contribution in [0.2, 0.25) is 5.02 Å². The first-order chi connectivity index (χ1) is 9.30. The summed E-state index contributed by atoms with van der Waals surface area (Å²) in [7, 11) is -3.90. The molecule has 1 aromatic rings. The van der Waals surface area contributed by atoms with E-state index in [0.717, 1.165) is 19.3 Å². The van der Waals surface area contributed by atoms with E-state index in [1.54, 1.807) is 11.8 Å². The summed E-state index contributed by atoms with van der Waals surface area (Å²) < 4.78 is 23.1. The molecule has 0 unspecified atom stereocenters. The second kappa shape index (κ2) is 5.71. The largest absolute Gasteiger partial charge is 0.339 e. The van der Waals surface area contributed by atoms with Crippen molar-refractivity contribution in [2.24, 2.45) is 5.14 Å². The summed E-state index contributed by atoms with van der Waals surface area (Å²) in [4.78, 5) is 14.1. The zero-order valence-corrected chi connectivity index (χ0v) is 12.8. The Bertz CT molecular complexity index is 637. The maximum Gasteiger partial charge on any atom is 0.254 e. The van der Waals surface area contributed by atoms with Gasteiger partial charge in [-0.3, -0.25) is 4.79 Å². The summed E-state index contributed by atoms with van der Waals surface area (Å²) in [5, 5.41) is 5.36. The zero-order valence-electron chi connectivity index (χ0n) is 11.2. The minimum atomic E-state index is -3.90. The van der Waals surface area contributed by atoms with Crippen LogP contribution in [-0.2, 0) is 10.0 Å². The van der Waals surface area contributed by atoms with Crippen LogP contribution in [0.4, 0.5) is 0 Å². The molecule has 0 aliphatic carbocycles. The second-order valence-electron chi connectivity index (χ2n) is 4.97. The van der Waals surface area contributed by atoms with Crippen LogP contribution < -0.4 is 5.14 Å². The summed E-state index contributed by atoms with van der Waals surface area (Å²) in [5.74, 6) is -0.186. The van der Waals surface area contributed by atoms with Crippen LogP contribution in [0, 0.1) is 6.92 Å². The quantitative estimate of drug-likeness (QED) is 0.905. The van der Waals surface area contributed by atoms with Crippen molar-refractivity contribution in [3.8, 4) is 0 Å². The number of rotatable bonds is 2. The normalized spacial score (nSPS) is 16.2. The Morgan fingerprint density at radius 1 is 1.25 bits per heavy atom. The lowest BCUT2D eigenvalue weighted by Crippen LogP contribution is -2.36. The number of carbonyl (C=O) groups is 1. The Morgan fingerprint density at radius 2 is 1.85 bits per heavy atom. The second-order valence-corrected chi connectivity index (χ2v) is 6.94. The van der Waals surface area contributed by atoms with Gasteiger partial charge in [-0.15, -0.1) is 0 Å². The molecule has 0 aromatic heterocycles. The molecular formula is C13H17ClN2O3S. The highest BCUT2D eigenvalue weighted by molar-refractivity contribution is 7.89. The number of likely N-dealkylation sites (tertiary alicyclic amines) is 1. The number of carbonyl (C=O) groups excluding carboxylic acids is 1. The third-order valence-corrected chi connectivity index (χ3v) is 4.76. The molecule has 5 nitrogen and oxygen atoms in total. The molecule has 2 rings (SSSR count). The van der Waals surface area contributed by atoms with Crippen LogP contribution in [-0.4, -0.2) is 32.3 Å². The first kappa shape index (κ1) is 15.3. The van der Waals surface area contributed by atoms with E-state index < -0.39 is 10.0 Å². The van der Waals surface area contributed by atoms with Crippen molar-refractivity contribution in [1.82, 2.24) is 4.90 Å². The average molecular weight is 317 g/mol. The Balaban J connectivity index is 2.46. The van der Waals surface area contributed by atoms with E-state index in [1.165, 1.54) is 12.1 Å². The maximum absolute atomic E-state index is 12.5. The summed E-state index contributed by atoms with van der Waals surface area (Å²) in [6, 6.07) is 2.78. The fraction of sp³-hybridized carbons (Fsp3) is 0.462. The van der Waals surface area contributed by atoms with Crippen molar-refractivity contribution in [1.29, 1.82) is 0 Å². The highest BCUT2D eigenvalue weighted by Gasteiger charge is 2.24. The molecule has 1 amide bonds. The number of halogens is 1. The molecule has 1 saturated heterocycles. The SMILES string of the molecule is Cc1c(C(=O)N2CCCCC2)cc(Cl)cc1S(N)(=O)=O. The smallest absolute Gasteiger partial charge is 0.254 e. The standard InChI is InChI=1S/C13H17ClN2O3S/c1-9-11(13(17)16-5-3-2-4-6-16)7-10(14)8-12(9)20(15,18)19/h7-8H,2-6H2,1H3,(H2,15,18,19). The van der Waals surface area contributed by atoms with Crippen molar-refractivity contribution in [3.63, 3.8) is 0 Å². The predicted molar refractivity (Wildman–Crippen MR) is 77.3 cm³/mol. The number of nitrogens with zero attached hydrogens (tertiary/aromatic N) is 1. The van der Waals surface area contributed by atoms with Gasteiger partial charge in [0.1, 0.15) is 0 Å². The molecule has 1 aliphatic heterocycles. The van der Waals surface area contributed by atoms with Gasteiger partial charge in [0.05, 0.1) is 4.90 Å². The number of primary sulfonamides is 1. The van der Waals surface area contributed by atoms with Gasteiger partial charge in [-0.1, -0.05) is 11.6 Å². The van der Waals surface area contributed by atoms with Crippen LogP contribution in [0.15, 0.2) is 17.0 Å². The molecule has 0 atom stereocenters. The summed E-state index contributed by atoms with van der Waals surface area (Å²) >= 11 is 5.92. The van der Waals surface area contributed by atoms with Crippen LogP contribution in [0.5, 0.6) is 0 Å². The fourth-order valence-electron chi connectivity index (χ4n) is 2.44. The fourth-order valence-corrected chi connectivity index (χ4v) is 3.55. The van der Waals surface area contributed by atoms with Crippen molar-refractivity contribution in [2.45, 2.75) is 31.1 Å². The van der Waals surface area contributed by atoms with Gasteiger partial charge < -0.3 is 4.90 Å². The van der Waals surface area contributed by atoms with Crippen LogP contribution in [0.1, 0.15) is 35.2 Å². The molecule has 110 valence electrons. The van der Waals surface area contributed by atoms with Gasteiger partial charge in [0.25, 0.3) is 5.91 Å². The third-order valence-electron chi connectivity index (χ3n) is 3.51. The molecule has 0 spiro atoms. The predicted octanol–water partition coefficient (Wildman–Crippen LogP) is 1.92. The van der Waals surface area contributed by atoms with Crippen LogP contribution >= 0.6 is 11.6 Å².